The normalized spacial score (nSPS) is 11.7. The zero-order valence-corrected chi connectivity index (χ0v) is 18.9. The van der Waals surface area contributed by atoms with Crippen molar-refractivity contribution < 1.29 is 9.52 Å². The number of aromatic hydroxyl groups is 1. The molecule has 0 aliphatic heterocycles. The molecular formula is C27H19ClN4O2. The molecule has 5 aromatic rings. The summed E-state index contributed by atoms with van der Waals surface area (Å²) in [5, 5.41) is 19.3. The topological polar surface area (TPSA) is 83.3 Å². The lowest BCUT2D eigenvalue weighted by atomic mass is 10.2. The van der Waals surface area contributed by atoms with Gasteiger partial charge in [-0.3, -0.25) is 4.99 Å². The summed E-state index contributed by atoms with van der Waals surface area (Å²) in [7, 11) is 0. The molecule has 1 aromatic heterocycles. The number of aliphatic imine (C=N–C) groups is 1. The maximum absolute atomic E-state index is 10.2. The highest BCUT2D eigenvalue weighted by molar-refractivity contribution is 6.30. The van der Waals surface area contributed by atoms with E-state index < -0.39 is 0 Å². The Hall–Kier alpha value is -4.29. The van der Waals surface area contributed by atoms with Crippen molar-refractivity contribution in [3.05, 3.63) is 101 Å². The first-order valence-corrected chi connectivity index (χ1v) is 10.9. The van der Waals surface area contributed by atoms with Crippen LogP contribution in [-0.2, 0) is 0 Å². The maximum atomic E-state index is 10.2. The van der Waals surface area contributed by atoms with E-state index in [-0.39, 0.29) is 5.75 Å². The molecule has 0 saturated carbocycles. The van der Waals surface area contributed by atoms with Crippen LogP contribution in [0.2, 0.25) is 5.02 Å². The average Bonchev–Trinajstić information content (AvgIpc) is 3.27. The van der Waals surface area contributed by atoms with Crippen molar-refractivity contribution in [1.82, 2.24) is 4.98 Å². The lowest BCUT2D eigenvalue weighted by molar-refractivity contribution is 0.474. The molecule has 5 rings (SSSR count). The Morgan fingerprint density at radius 1 is 0.824 bits per heavy atom. The number of oxazole rings is 1. The van der Waals surface area contributed by atoms with Crippen LogP contribution in [0.5, 0.6) is 5.75 Å². The van der Waals surface area contributed by atoms with Gasteiger partial charge in [0.1, 0.15) is 11.3 Å². The molecule has 0 aliphatic carbocycles. The van der Waals surface area contributed by atoms with Gasteiger partial charge in [-0.15, -0.1) is 0 Å². The molecule has 1 heterocycles. The van der Waals surface area contributed by atoms with Gasteiger partial charge in [0.05, 0.1) is 17.1 Å². The molecule has 0 saturated heterocycles. The van der Waals surface area contributed by atoms with Crippen LogP contribution in [0, 0.1) is 6.92 Å². The summed E-state index contributed by atoms with van der Waals surface area (Å²) >= 11 is 5.89. The maximum Gasteiger partial charge on any atom is 0.227 e. The van der Waals surface area contributed by atoms with Crippen molar-refractivity contribution in [1.29, 1.82) is 0 Å². The van der Waals surface area contributed by atoms with E-state index in [1.807, 2.05) is 49.4 Å². The summed E-state index contributed by atoms with van der Waals surface area (Å²) in [5.41, 5.74) is 6.11. The van der Waals surface area contributed by atoms with Gasteiger partial charge in [0.2, 0.25) is 5.89 Å². The highest BCUT2D eigenvalue weighted by Crippen LogP contribution is 2.28. The standard InChI is InChI=1S/C27H19ClN4O2/c1-17-2-12-24-26(14-17)34-27(30-24)18-3-7-21(8-4-18)29-16-19-15-23(11-13-25(19)33)32-31-22-9-5-20(28)6-10-22/h2-16,33H,1H3. The lowest BCUT2D eigenvalue weighted by Crippen LogP contribution is -1.82. The van der Waals surface area contributed by atoms with Gasteiger partial charge in [-0.25, -0.2) is 4.98 Å². The Morgan fingerprint density at radius 2 is 1.53 bits per heavy atom. The van der Waals surface area contributed by atoms with Gasteiger partial charge in [-0.2, -0.15) is 10.2 Å². The molecule has 7 heteroatoms. The fourth-order valence-electron chi connectivity index (χ4n) is 3.32. The molecule has 0 atom stereocenters. The zero-order chi connectivity index (χ0) is 23.5. The van der Waals surface area contributed by atoms with Gasteiger partial charge in [0.15, 0.2) is 5.58 Å². The number of aromatic nitrogens is 1. The van der Waals surface area contributed by atoms with Gasteiger partial charge in [0, 0.05) is 22.4 Å². The van der Waals surface area contributed by atoms with E-state index in [2.05, 4.69) is 20.2 Å². The lowest BCUT2D eigenvalue weighted by Gasteiger charge is -2.01. The van der Waals surface area contributed by atoms with E-state index >= 15 is 0 Å². The number of benzene rings is 4. The van der Waals surface area contributed by atoms with Gasteiger partial charge in [-0.05, 0) is 91.3 Å². The second kappa shape index (κ2) is 9.29. The van der Waals surface area contributed by atoms with Crippen LogP contribution in [0.1, 0.15) is 11.1 Å². The number of phenols is 1. The predicted molar refractivity (Wildman–Crippen MR) is 135 cm³/mol. The minimum absolute atomic E-state index is 0.104. The number of hydrogen-bond acceptors (Lipinski definition) is 6. The first kappa shape index (κ1) is 21.6. The minimum atomic E-state index is 0.104. The quantitative estimate of drug-likeness (QED) is 0.209. The van der Waals surface area contributed by atoms with Crippen molar-refractivity contribution in [2.75, 3.05) is 0 Å². The molecular weight excluding hydrogens is 448 g/mol. The van der Waals surface area contributed by atoms with Gasteiger partial charge in [0.25, 0.3) is 0 Å². The Kier molecular flexibility index (Phi) is 5.89. The Labute approximate surface area is 200 Å². The second-order valence-electron chi connectivity index (χ2n) is 7.71. The molecule has 0 radical (unpaired) electrons. The van der Waals surface area contributed by atoms with Crippen molar-refractivity contribution >= 4 is 46.0 Å². The summed E-state index contributed by atoms with van der Waals surface area (Å²) in [5.74, 6) is 0.667. The minimum Gasteiger partial charge on any atom is -0.507 e. The number of phenolic OH excluding ortho intramolecular Hbond substituents is 1. The number of halogens is 1. The SMILES string of the molecule is Cc1ccc2nc(-c3ccc(N=Cc4cc(N=Nc5ccc(Cl)cc5)ccc4O)cc3)oc2c1. The monoisotopic (exact) mass is 466 g/mol. The van der Waals surface area contributed by atoms with Crippen LogP contribution in [0.15, 0.2) is 105 Å². The highest BCUT2D eigenvalue weighted by atomic mass is 35.5. The van der Waals surface area contributed by atoms with Crippen LogP contribution in [0.3, 0.4) is 0 Å². The van der Waals surface area contributed by atoms with E-state index in [9.17, 15) is 5.11 Å². The molecule has 34 heavy (non-hydrogen) atoms. The fraction of sp³-hybridized carbons (Fsp3) is 0.0370. The van der Waals surface area contributed by atoms with Crippen LogP contribution in [0.4, 0.5) is 17.1 Å². The van der Waals surface area contributed by atoms with Crippen molar-refractivity contribution in [2.45, 2.75) is 6.92 Å². The Morgan fingerprint density at radius 3 is 2.32 bits per heavy atom. The van der Waals surface area contributed by atoms with Gasteiger partial charge in [-0.1, -0.05) is 17.7 Å². The third-order valence-electron chi connectivity index (χ3n) is 5.13. The van der Waals surface area contributed by atoms with Crippen molar-refractivity contribution in [3.8, 4) is 17.2 Å². The van der Waals surface area contributed by atoms with Gasteiger partial charge < -0.3 is 9.52 Å². The molecule has 1 N–H and O–H groups in total. The van der Waals surface area contributed by atoms with E-state index in [1.54, 1.807) is 48.7 Å². The van der Waals surface area contributed by atoms with E-state index in [0.717, 1.165) is 27.9 Å². The first-order valence-electron chi connectivity index (χ1n) is 10.6. The number of azo groups is 1. The van der Waals surface area contributed by atoms with Crippen LogP contribution in [0.25, 0.3) is 22.6 Å². The third kappa shape index (κ3) is 4.87. The number of nitrogens with zero attached hydrogens (tertiary/aromatic N) is 4. The third-order valence-corrected chi connectivity index (χ3v) is 5.38. The summed E-state index contributed by atoms with van der Waals surface area (Å²) in [4.78, 5) is 9.02. The zero-order valence-electron chi connectivity index (χ0n) is 18.2. The largest absolute Gasteiger partial charge is 0.507 e. The highest BCUT2D eigenvalue weighted by Gasteiger charge is 2.08. The smallest absolute Gasteiger partial charge is 0.227 e. The van der Waals surface area contributed by atoms with E-state index in [0.29, 0.717) is 27.9 Å². The summed E-state index contributed by atoms with van der Waals surface area (Å²) in [6.07, 6.45) is 1.59. The average molecular weight is 467 g/mol. The number of aryl methyl sites for hydroxylation is 1. The molecule has 0 bridgehead atoms. The molecule has 0 unspecified atom stereocenters. The molecule has 0 fully saturated rings. The van der Waals surface area contributed by atoms with Crippen molar-refractivity contribution in [2.24, 2.45) is 15.2 Å². The number of hydrogen-bond donors (Lipinski definition) is 1. The number of rotatable bonds is 5. The number of fused-ring (bicyclic) bond motifs is 1. The first-order chi connectivity index (χ1) is 16.5. The Balaban J connectivity index is 1.33. The molecule has 4 aromatic carbocycles. The molecule has 0 amide bonds. The molecule has 0 spiro atoms. The second-order valence-corrected chi connectivity index (χ2v) is 8.15. The summed E-state index contributed by atoms with van der Waals surface area (Å²) in [6, 6.07) is 25.5. The van der Waals surface area contributed by atoms with Gasteiger partial charge >= 0.3 is 0 Å². The summed E-state index contributed by atoms with van der Waals surface area (Å²) < 4.78 is 5.89. The summed E-state index contributed by atoms with van der Waals surface area (Å²) in [6.45, 7) is 2.02. The Bertz CT molecular complexity index is 1520. The van der Waals surface area contributed by atoms with Crippen LogP contribution >= 0.6 is 11.6 Å². The predicted octanol–water partition coefficient (Wildman–Crippen LogP) is 8.33. The molecule has 0 aliphatic rings. The van der Waals surface area contributed by atoms with Crippen LogP contribution < -0.4 is 0 Å². The molecule has 6 nitrogen and oxygen atoms in total. The molecule has 166 valence electrons. The fourth-order valence-corrected chi connectivity index (χ4v) is 3.45. The van der Waals surface area contributed by atoms with Crippen molar-refractivity contribution in [3.63, 3.8) is 0 Å². The van der Waals surface area contributed by atoms with Crippen LogP contribution in [-0.4, -0.2) is 16.3 Å². The van der Waals surface area contributed by atoms with E-state index in [4.69, 9.17) is 16.0 Å². The van der Waals surface area contributed by atoms with E-state index in [1.165, 1.54) is 0 Å².